The van der Waals surface area contributed by atoms with Crippen LogP contribution in [-0.2, 0) is 26.1 Å². The molecular weight excluding hydrogens is 544 g/mol. The number of aryl methyl sites for hydroxylation is 1. The number of rotatable bonds is 12. The van der Waals surface area contributed by atoms with E-state index in [9.17, 15) is 4.79 Å². The molecule has 0 bridgehead atoms. The van der Waals surface area contributed by atoms with Crippen molar-refractivity contribution < 1.29 is 14.3 Å². The summed E-state index contributed by atoms with van der Waals surface area (Å²) in [4.78, 5) is 24.9. The molecule has 3 aromatic carbocycles. The quantitative estimate of drug-likeness (QED) is 0.214. The summed E-state index contributed by atoms with van der Waals surface area (Å²) in [6.45, 7) is 8.56. The number of carbonyl (C=O) groups is 1. The summed E-state index contributed by atoms with van der Waals surface area (Å²) in [5, 5.41) is 2.88. The molecule has 220 valence electrons. The number of amides is 1. The predicted molar refractivity (Wildman–Crippen MR) is 168 cm³/mol. The number of benzene rings is 3. The fraction of sp³-hybridized carbons (Fsp3) is 0.353. The highest BCUT2D eigenvalue weighted by Gasteiger charge is 2.24. The Balaban J connectivity index is 1.21. The van der Waals surface area contributed by atoms with E-state index in [0.717, 1.165) is 68.7 Å². The largest absolute Gasteiger partial charge is 0.493 e. The standard InChI is InChI=1S/C34H40N4O3S/c1-26-9-11-29(12-10-26)23-37(16-15-27-13-14-31(40-2)32(21-27)41-3)24-33-35-30(25-42-33)34(39)38-19-17-36(18-20-38)22-28-7-5-4-6-8-28/h4-14,21,25H,15-20,22-24H2,1-3H3. The monoisotopic (exact) mass is 584 g/mol. The van der Waals surface area contributed by atoms with Gasteiger partial charge in [-0.1, -0.05) is 66.2 Å². The smallest absolute Gasteiger partial charge is 0.273 e. The van der Waals surface area contributed by atoms with Crippen molar-refractivity contribution in [2.45, 2.75) is 33.0 Å². The molecule has 0 spiro atoms. The van der Waals surface area contributed by atoms with Gasteiger partial charge in [0.05, 0.1) is 20.8 Å². The van der Waals surface area contributed by atoms with Crippen molar-refractivity contribution in [1.29, 1.82) is 0 Å². The Hall–Kier alpha value is -3.72. The molecule has 0 aliphatic carbocycles. The van der Waals surface area contributed by atoms with Gasteiger partial charge in [0.25, 0.3) is 5.91 Å². The van der Waals surface area contributed by atoms with E-state index < -0.39 is 0 Å². The zero-order chi connectivity index (χ0) is 29.3. The molecule has 5 rings (SSSR count). The van der Waals surface area contributed by atoms with Gasteiger partial charge in [-0.05, 0) is 42.2 Å². The van der Waals surface area contributed by atoms with Crippen LogP contribution in [-0.4, -0.2) is 72.5 Å². The normalized spacial score (nSPS) is 13.9. The first-order chi connectivity index (χ1) is 20.5. The van der Waals surface area contributed by atoms with Gasteiger partial charge in [0.15, 0.2) is 11.5 Å². The van der Waals surface area contributed by atoms with Gasteiger partial charge in [0.1, 0.15) is 10.7 Å². The zero-order valence-corrected chi connectivity index (χ0v) is 25.6. The van der Waals surface area contributed by atoms with Crippen LogP contribution in [0.25, 0.3) is 0 Å². The summed E-state index contributed by atoms with van der Waals surface area (Å²) in [5.41, 5.74) is 5.56. The number of hydrogen-bond acceptors (Lipinski definition) is 7. The van der Waals surface area contributed by atoms with Crippen molar-refractivity contribution in [3.8, 4) is 11.5 Å². The van der Waals surface area contributed by atoms with Crippen LogP contribution in [0.2, 0.25) is 0 Å². The molecule has 1 aliphatic rings. The first-order valence-electron chi connectivity index (χ1n) is 14.5. The van der Waals surface area contributed by atoms with Gasteiger partial charge in [0, 0.05) is 51.2 Å². The number of piperazine rings is 1. The molecule has 0 radical (unpaired) electrons. The van der Waals surface area contributed by atoms with Gasteiger partial charge in [-0.3, -0.25) is 14.6 Å². The zero-order valence-electron chi connectivity index (χ0n) is 24.8. The Morgan fingerprint density at radius 3 is 2.29 bits per heavy atom. The first kappa shape index (κ1) is 29.8. The van der Waals surface area contributed by atoms with Crippen LogP contribution < -0.4 is 9.47 Å². The minimum Gasteiger partial charge on any atom is -0.493 e. The molecule has 7 nitrogen and oxygen atoms in total. The first-order valence-corrected chi connectivity index (χ1v) is 15.4. The molecular formula is C34H40N4O3S. The Morgan fingerprint density at radius 2 is 1.57 bits per heavy atom. The number of methoxy groups -OCH3 is 2. The number of nitrogens with zero attached hydrogens (tertiary/aromatic N) is 4. The minimum atomic E-state index is 0.0345. The average Bonchev–Trinajstić information content (AvgIpc) is 3.49. The highest BCUT2D eigenvalue weighted by molar-refractivity contribution is 7.09. The van der Waals surface area contributed by atoms with E-state index in [4.69, 9.17) is 14.5 Å². The molecule has 42 heavy (non-hydrogen) atoms. The lowest BCUT2D eigenvalue weighted by atomic mass is 10.1. The number of aromatic nitrogens is 1. The van der Waals surface area contributed by atoms with Crippen molar-refractivity contribution in [2.75, 3.05) is 46.9 Å². The Bertz CT molecular complexity index is 1430. The lowest BCUT2D eigenvalue weighted by Crippen LogP contribution is -2.48. The van der Waals surface area contributed by atoms with Crippen LogP contribution in [0.15, 0.2) is 78.2 Å². The van der Waals surface area contributed by atoms with Crippen molar-refractivity contribution >= 4 is 17.2 Å². The second-order valence-electron chi connectivity index (χ2n) is 10.8. The molecule has 4 aromatic rings. The van der Waals surface area contributed by atoms with Gasteiger partial charge >= 0.3 is 0 Å². The maximum atomic E-state index is 13.3. The molecule has 2 heterocycles. The summed E-state index contributed by atoms with van der Waals surface area (Å²) in [5.74, 6) is 1.51. The second-order valence-corrected chi connectivity index (χ2v) is 11.8. The SMILES string of the molecule is COc1ccc(CCN(Cc2ccc(C)cc2)Cc2nc(C(=O)N3CCN(Cc4ccccc4)CC3)cs2)cc1OC. The maximum absolute atomic E-state index is 13.3. The van der Waals surface area contributed by atoms with Crippen molar-refractivity contribution in [1.82, 2.24) is 19.7 Å². The van der Waals surface area contributed by atoms with Gasteiger partial charge in [-0.2, -0.15) is 0 Å². The molecule has 1 saturated heterocycles. The molecule has 0 unspecified atom stereocenters. The van der Waals surface area contributed by atoms with Crippen molar-refractivity contribution in [2.24, 2.45) is 0 Å². The van der Waals surface area contributed by atoms with E-state index in [-0.39, 0.29) is 5.91 Å². The number of carbonyl (C=O) groups excluding carboxylic acids is 1. The molecule has 1 fully saturated rings. The summed E-state index contributed by atoms with van der Waals surface area (Å²) in [6, 6.07) is 25.3. The minimum absolute atomic E-state index is 0.0345. The molecule has 1 aliphatic heterocycles. The lowest BCUT2D eigenvalue weighted by molar-refractivity contribution is 0.0623. The van der Waals surface area contributed by atoms with Crippen LogP contribution in [0.5, 0.6) is 11.5 Å². The fourth-order valence-electron chi connectivity index (χ4n) is 5.27. The fourth-order valence-corrected chi connectivity index (χ4v) is 6.08. The number of thiazole rings is 1. The van der Waals surface area contributed by atoms with E-state index in [1.165, 1.54) is 22.3 Å². The van der Waals surface area contributed by atoms with E-state index in [2.05, 4.69) is 71.3 Å². The van der Waals surface area contributed by atoms with E-state index in [1.807, 2.05) is 28.5 Å². The molecule has 0 N–H and O–H groups in total. The number of hydrogen-bond donors (Lipinski definition) is 0. The summed E-state index contributed by atoms with van der Waals surface area (Å²) in [6.07, 6.45) is 0.858. The number of ether oxygens (including phenoxy) is 2. The Morgan fingerprint density at radius 1 is 0.857 bits per heavy atom. The van der Waals surface area contributed by atoms with Crippen LogP contribution in [0.3, 0.4) is 0 Å². The Labute approximate surface area is 253 Å². The summed E-state index contributed by atoms with van der Waals surface area (Å²) < 4.78 is 10.9. The van der Waals surface area contributed by atoms with Crippen molar-refractivity contribution in [3.05, 3.63) is 111 Å². The second kappa shape index (κ2) is 14.4. The van der Waals surface area contributed by atoms with Crippen LogP contribution in [0, 0.1) is 6.92 Å². The van der Waals surface area contributed by atoms with Crippen molar-refractivity contribution in [3.63, 3.8) is 0 Å². The van der Waals surface area contributed by atoms with Crippen LogP contribution >= 0.6 is 11.3 Å². The Kier molecular flexibility index (Phi) is 10.2. The topological polar surface area (TPSA) is 58.1 Å². The predicted octanol–water partition coefficient (Wildman–Crippen LogP) is 5.67. The summed E-state index contributed by atoms with van der Waals surface area (Å²) in [7, 11) is 3.32. The molecule has 8 heteroatoms. The van der Waals surface area contributed by atoms with E-state index in [1.54, 1.807) is 25.6 Å². The average molecular weight is 585 g/mol. The third-order valence-electron chi connectivity index (χ3n) is 7.73. The van der Waals surface area contributed by atoms with Gasteiger partial charge in [-0.15, -0.1) is 11.3 Å². The third kappa shape index (κ3) is 7.97. The lowest BCUT2D eigenvalue weighted by Gasteiger charge is -2.34. The summed E-state index contributed by atoms with van der Waals surface area (Å²) >= 11 is 1.57. The van der Waals surface area contributed by atoms with Gasteiger partial charge in [-0.25, -0.2) is 4.98 Å². The highest BCUT2D eigenvalue weighted by Crippen LogP contribution is 2.28. The molecule has 0 saturated carbocycles. The van der Waals surface area contributed by atoms with Crippen LogP contribution in [0.4, 0.5) is 0 Å². The molecule has 1 amide bonds. The molecule has 0 atom stereocenters. The van der Waals surface area contributed by atoms with Gasteiger partial charge < -0.3 is 14.4 Å². The third-order valence-corrected chi connectivity index (χ3v) is 8.56. The van der Waals surface area contributed by atoms with E-state index in [0.29, 0.717) is 12.2 Å². The van der Waals surface area contributed by atoms with Crippen LogP contribution in [0.1, 0.15) is 37.7 Å². The maximum Gasteiger partial charge on any atom is 0.273 e. The highest BCUT2D eigenvalue weighted by atomic mass is 32.1. The molecule has 1 aromatic heterocycles. The van der Waals surface area contributed by atoms with E-state index >= 15 is 0 Å². The van der Waals surface area contributed by atoms with Gasteiger partial charge in [0.2, 0.25) is 0 Å².